The number of aromatic nitrogens is 2. The third kappa shape index (κ3) is 2.95. The number of carbonyl (C=O) groups excluding carboxylic acids is 1. The largest absolute Gasteiger partial charge is 0.350 e. The van der Waals surface area contributed by atoms with Crippen molar-refractivity contribution in [3.63, 3.8) is 0 Å². The molecule has 0 aliphatic carbocycles. The molecule has 1 heterocycles. The number of carbonyl (C=O) groups is 1. The van der Waals surface area contributed by atoms with Gasteiger partial charge in [-0.3, -0.25) is 9.48 Å². The van der Waals surface area contributed by atoms with Crippen molar-refractivity contribution < 1.29 is 4.79 Å². The zero-order valence-corrected chi connectivity index (χ0v) is 10.5. The molecule has 4 nitrogen and oxygen atoms in total. The summed E-state index contributed by atoms with van der Waals surface area (Å²) < 4.78 is 1.81. The molecule has 1 aromatic rings. The Morgan fingerprint density at radius 3 is 2.50 bits per heavy atom. The maximum atomic E-state index is 11.4. The molecule has 0 atom stereocenters. The van der Waals surface area contributed by atoms with E-state index in [1.54, 1.807) is 6.08 Å². The number of rotatable bonds is 3. The van der Waals surface area contributed by atoms with E-state index in [4.69, 9.17) is 0 Å². The molecule has 1 rings (SSSR count). The second kappa shape index (κ2) is 4.96. The lowest BCUT2D eigenvalue weighted by Gasteiger charge is -2.04. The van der Waals surface area contributed by atoms with Crippen molar-refractivity contribution in [3.8, 4) is 0 Å². The van der Waals surface area contributed by atoms with Crippen LogP contribution in [-0.2, 0) is 11.8 Å². The quantitative estimate of drug-likeness (QED) is 0.788. The van der Waals surface area contributed by atoms with Crippen molar-refractivity contribution in [2.75, 3.05) is 0 Å². The van der Waals surface area contributed by atoms with E-state index in [-0.39, 0.29) is 11.9 Å². The van der Waals surface area contributed by atoms with Crippen LogP contribution in [0.2, 0.25) is 0 Å². The molecule has 1 N–H and O–H groups in total. The molecule has 0 saturated heterocycles. The number of aryl methyl sites for hydroxylation is 2. The van der Waals surface area contributed by atoms with Crippen LogP contribution in [0.1, 0.15) is 30.8 Å². The van der Waals surface area contributed by atoms with Gasteiger partial charge in [-0.25, -0.2) is 0 Å². The molecule has 4 heteroatoms. The van der Waals surface area contributed by atoms with Gasteiger partial charge in [0.25, 0.3) is 0 Å². The molecule has 0 unspecified atom stereocenters. The van der Waals surface area contributed by atoms with E-state index < -0.39 is 0 Å². The first kappa shape index (κ1) is 12.5. The molecule has 0 bridgehead atoms. The molecule has 1 aromatic heterocycles. The lowest BCUT2D eigenvalue weighted by Crippen LogP contribution is -2.28. The highest BCUT2D eigenvalue weighted by atomic mass is 16.1. The predicted octanol–water partition coefficient (Wildman–Crippen LogP) is 1.57. The van der Waals surface area contributed by atoms with Gasteiger partial charge in [-0.1, -0.05) is 0 Å². The molecule has 0 saturated carbocycles. The fourth-order valence-electron chi connectivity index (χ4n) is 1.52. The van der Waals surface area contributed by atoms with Crippen molar-refractivity contribution >= 4 is 12.0 Å². The Morgan fingerprint density at radius 1 is 1.44 bits per heavy atom. The van der Waals surface area contributed by atoms with Crippen molar-refractivity contribution in [2.24, 2.45) is 7.05 Å². The van der Waals surface area contributed by atoms with Gasteiger partial charge in [-0.05, 0) is 33.8 Å². The lowest BCUT2D eigenvalue weighted by atomic mass is 10.2. The molecule has 0 aliphatic heterocycles. The minimum atomic E-state index is -0.0716. The van der Waals surface area contributed by atoms with Crippen LogP contribution in [0, 0.1) is 13.8 Å². The fraction of sp³-hybridized carbons (Fsp3) is 0.500. The van der Waals surface area contributed by atoms with Crippen LogP contribution in [0.4, 0.5) is 0 Å². The van der Waals surface area contributed by atoms with Gasteiger partial charge in [0, 0.05) is 30.4 Å². The Hall–Kier alpha value is -1.58. The SMILES string of the molecule is Cc1nn(C)c(C)c1/C=C\C(=O)NC(C)C. The molecular formula is C12H19N3O. The first-order valence-corrected chi connectivity index (χ1v) is 5.40. The minimum absolute atomic E-state index is 0.0716. The first-order valence-electron chi connectivity index (χ1n) is 5.40. The van der Waals surface area contributed by atoms with Crippen molar-refractivity contribution in [2.45, 2.75) is 33.7 Å². The minimum Gasteiger partial charge on any atom is -0.350 e. The summed E-state index contributed by atoms with van der Waals surface area (Å²) in [4.78, 5) is 11.4. The van der Waals surface area contributed by atoms with E-state index in [1.165, 1.54) is 0 Å². The zero-order chi connectivity index (χ0) is 12.3. The first-order chi connectivity index (χ1) is 7.41. The summed E-state index contributed by atoms with van der Waals surface area (Å²) in [5.41, 5.74) is 3.01. The summed E-state index contributed by atoms with van der Waals surface area (Å²) in [5, 5.41) is 7.09. The van der Waals surface area contributed by atoms with Gasteiger partial charge in [0.2, 0.25) is 5.91 Å². The number of amides is 1. The average Bonchev–Trinajstić information content (AvgIpc) is 2.38. The maximum absolute atomic E-state index is 11.4. The highest BCUT2D eigenvalue weighted by molar-refractivity contribution is 5.92. The van der Waals surface area contributed by atoms with Crippen molar-refractivity contribution in [1.82, 2.24) is 15.1 Å². The predicted molar refractivity (Wildman–Crippen MR) is 65.0 cm³/mol. The Balaban J connectivity index is 2.80. The van der Waals surface area contributed by atoms with Gasteiger partial charge in [-0.2, -0.15) is 5.10 Å². The van der Waals surface area contributed by atoms with Crippen LogP contribution >= 0.6 is 0 Å². The smallest absolute Gasteiger partial charge is 0.244 e. The second-order valence-corrected chi connectivity index (χ2v) is 4.20. The van der Waals surface area contributed by atoms with Gasteiger partial charge in [0.15, 0.2) is 0 Å². The number of nitrogens with zero attached hydrogens (tertiary/aromatic N) is 2. The van der Waals surface area contributed by atoms with Crippen LogP contribution in [0.5, 0.6) is 0 Å². The molecule has 0 aromatic carbocycles. The van der Waals surface area contributed by atoms with Gasteiger partial charge in [0.05, 0.1) is 5.69 Å². The van der Waals surface area contributed by atoms with Crippen LogP contribution in [0.25, 0.3) is 6.08 Å². The number of hydrogen-bond acceptors (Lipinski definition) is 2. The summed E-state index contributed by atoms with van der Waals surface area (Å²) >= 11 is 0. The Bertz CT molecular complexity index is 416. The monoisotopic (exact) mass is 221 g/mol. The van der Waals surface area contributed by atoms with E-state index in [9.17, 15) is 4.79 Å². The second-order valence-electron chi connectivity index (χ2n) is 4.20. The van der Waals surface area contributed by atoms with Crippen LogP contribution in [-0.4, -0.2) is 21.7 Å². The standard InChI is InChI=1S/C12H19N3O/c1-8(2)13-12(16)7-6-11-9(3)14-15(5)10(11)4/h6-8H,1-5H3,(H,13,16)/b7-6-. The van der Waals surface area contributed by atoms with Crippen LogP contribution in [0.3, 0.4) is 0 Å². The zero-order valence-electron chi connectivity index (χ0n) is 10.5. The lowest BCUT2D eigenvalue weighted by molar-refractivity contribution is -0.116. The Labute approximate surface area is 96.3 Å². The Kier molecular flexibility index (Phi) is 3.88. The normalized spacial score (nSPS) is 11.4. The van der Waals surface area contributed by atoms with E-state index in [1.807, 2.05) is 45.5 Å². The Morgan fingerprint density at radius 2 is 2.06 bits per heavy atom. The van der Waals surface area contributed by atoms with Gasteiger partial charge < -0.3 is 5.32 Å². The highest BCUT2D eigenvalue weighted by Gasteiger charge is 2.06. The topological polar surface area (TPSA) is 46.9 Å². The molecule has 0 radical (unpaired) electrons. The van der Waals surface area contributed by atoms with E-state index >= 15 is 0 Å². The van der Waals surface area contributed by atoms with Gasteiger partial charge in [0.1, 0.15) is 0 Å². The molecule has 88 valence electrons. The fourth-order valence-corrected chi connectivity index (χ4v) is 1.52. The van der Waals surface area contributed by atoms with Crippen LogP contribution in [0.15, 0.2) is 6.08 Å². The van der Waals surface area contributed by atoms with Crippen molar-refractivity contribution in [1.29, 1.82) is 0 Å². The molecule has 0 aliphatic rings. The van der Waals surface area contributed by atoms with E-state index in [0.717, 1.165) is 17.0 Å². The summed E-state index contributed by atoms with van der Waals surface area (Å²) in [6.45, 7) is 7.80. The summed E-state index contributed by atoms with van der Waals surface area (Å²) in [6, 6.07) is 0.160. The van der Waals surface area contributed by atoms with Crippen LogP contribution < -0.4 is 5.32 Å². The summed E-state index contributed by atoms with van der Waals surface area (Å²) in [7, 11) is 1.90. The van der Waals surface area contributed by atoms with Crippen molar-refractivity contribution in [3.05, 3.63) is 23.0 Å². The molecular weight excluding hydrogens is 202 g/mol. The van der Waals surface area contributed by atoms with Gasteiger partial charge >= 0.3 is 0 Å². The number of nitrogens with one attached hydrogen (secondary N) is 1. The molecule has 0 spiro atoms. The summed E-state index contributed by atoms with van der Waals surface area (Å²) in [5.74, 6) is -0.0716. The third-order valence-corrected chi connectivity index (χ3v) is 2.40. The maximum Gasteiger partial charge on any atom is 0.244 e. The van der Waals surface area contributed by atoms with E-state index in [2.05, 4.69) is 10.4 Å². The molecule has 16 heavy (non-hydrogen) atoms. The molecule has 1 amide bonds. The summed E-state index contributed by atoms with van der Waals surface area (Å²) in [6.07, 6.45) is 3.37. The van der Waals surface area contributed by atoms with E-state index in [0.29, 0.717) is 0 Å². The highest BCUT2D eigenvalue weighted by Crippen LogP contribution is 2.13. The average molecular weight is 221 g/mol. The molecule has 0 fully saturated rings. The number of hydrogen-bond donors (Lipinski definition) is 1. The third-order valence-electron chi connectivity index (χ3n) is 2.40. The van der Waals surface area contributed by atoms with Gasteiger partial charge in [-0.15, -0.1) is 0 Å².